The molecule has 0 radical (unpaired) electrons. The van der Waals surface area contributed by atoms with Crippen LogP contribution in [0.2, 0.25) is 0 Å². The lowest BCUT2D eigenvalue weighted by Gasteiger charge is -2.01. The normalized spacial score (nSPS) is 13.1. The van der Waals surface area contributed by atoms with E-state index in [0.717, 1.165) is 0 Å². The van der Waals surface area contributed by atoms with Crippen LogP contribution in [0, 0.1) is 0 Å². The van der Waals surface area contributed by atoms with Gasteiger partial charge in [-0.25, -0.2) is 9.97 Å². The fourth-order valence-electron chi connectivity index (χ4n) is 0.514. The first-order chi connectivity index (χ1) is 6.39. The van der Waals surface area contributed by atoms with Gasteiger partial charge >= 0.3 is 6.18 Å². The molecule has 14 heavy (non-hydrogen) atoms. The zero-order valence-electron chi connectivity index (χ0n) is 6.39. The highest BCUT2D eigenvalue weighted by molar-refractivity contribution is 9.10. The molecule has 0 aliphatic carbocycles. The van der Waals surface area contributed by atoms with E-state index >= 15 is 0 Å². The van der Waals surface area contributed by atoms with E-state index in [1.165, 1.54) is 12.4 Å². The minimum absolute atomic E-state index is 0.337. The Morgan fingerprint density at radius 2 is 1.86 bits per heavy atom. The molecule has 0 aliphatic heterocycles. The van der Waals surface area contributed by atoms with Crippen LogP contribution in [0.1, 0.15) is 0 Å². The molecule has 0 aromatic carbocycles. The molecule has 1 aromatic heterocycles. The molecule has 1 aromatic rings. The molecule has 0 N–H and O–H groups in total. The first-order valence-electron chi connectivity index (χ1n) is 3.18. The monoisotopic (exact) mass is 287 g/mol. The Bertz CT molecular complexity index is 348. The summed E-state index contributed by atoms with van der Waals surface area (Å²) in [5.74, 6) is -0.337. The molecular formula is C6H2BrClF3N3. The minimum atomic E-state index is -4.67. The number of aliphatic imine (C=N–C) groups is 1. The molecule has 1 rings (SSSR count). The molecular weight excluding hydrogens is 286 g/mol. The number of aromatic nitrogens is 2. The van der Waals surface area contributed by atoms with Gasteiger partial charge in [0.2, 0.25) is 5.17 Å². The van der Waals surface area contributed by atoms with Crippen LogP contribution in [0.25, 0.3) is 0 Å². The van der Waals surface area contributed by atoms with Crippen molar-refractivity contribution < 1.29 is 13.2 Å². The molecule has 0 spiro atoms. The summed E-state index contributed by atoms with van der Waals surface area (Å²) in [4.78, 5) is 9.99. The topological polar surface area (TPSA) is 38.1 Å². The van der Waals surface area contributed by atoms with Gasteiger partial charge in [-0.2, -0.15) is 18.2 Å². The van der Waals surface area contributed by atoms with Gasteiger partial charge in [-0.05, 0) is 15.9 Å². The van der Waals surface area contributed by atoms with Crippen LogP contribution >= 0.6 is 27.5 Å². The van der Waals surface area contributed by atoms with Crippen molar-refractivity contribution in [2.45, 2.75) is 6.18 Å². The van der Waals surface area contributed by atoms with Crippen LogP contribution in [0.4, 0.5) is 19.1 Å². The van der Waals surface area contributed by atoms with Crippen molar-refractivity contribution in [1.82, 2.24) is 9.97 Å². The van der Waals surface area contributed by atoms with Gasteiger partial charge in [0.1, 0.15) is 0 Å². The van der Waals surface area contributed by atoms with Crippen molar-refractivity contribution in [1.29, 1.82) is 0 Å². The van der Waals surface area contributed by atoms with E-state index in [2.05, 4.69) is 30.9 Å². The van der Waals surface area contributed by atoms with Crippen LogP contribution in [-0.4, -0.2) is 21.3 Å². The predicted octanol–water partition coefficient (Wildman–Crippen LogP) is 3.07. The smallest absolute Gasteiger partial charge is 0.218 e. The average molecular weight is 288 g/mol. The predicted molar refractivity (Wildman–Crippen MR) is 48.7 cm³/mol. The maximum Gasteiger partial charge on any atom is 0.444 e. The van der Waals surface area contributed by atoms with Crippen molar-refractivity contribution >= 4 is 38.7 Å². The third-order valence-electron chi connectivity index (χ3n) is 1.04. The summed E-state index contributed by atoms with van der Waals surface area (Å²) in [6.45, 7) is 0. The Balaban J connectivity index is 2.93. The summed E-state index contributed by atoms with van der Waals surface area (Å²) in [6, 6.07) is 0. The Kier molecular flexibility index (Phi) is 3.43. The zero-order chi connectivity index (χ0) is 10.8. The van der Waals surface area contributed by atoms with Crippen LogP contribution in [-0.2, 0) is 0 Å². The highest BCUT2D eigenvalue weighted by Gasteiger charge is 2.34. The van der Waals surface area contributed by atoms with Crippen molar-refractivity contribution in [3.63, 3.8) is 0 Å². The molecule has 0 unspecified atom stereocenters. The van der Waals surface area contributed by atoms with Gasteiger partial charge in [0.15, 0.2) is 0 Å². The molecule has 0 fully saturated rings. The number of alkyl halides is 3. The lowest BCUT2D eigenvalue weighted by molar-refractivity contribution is -0.0558. The third-order valence-corrected chi connectivity index (χ3v) is 1.75. The fourth-order valence-corrected chi connectivity index (χ4v) is 0.795. The number of nitrogens with zero attached hydrogens (tertiary/aromatic N) is 3. The van der Waals surface area contributed by atoms with Crippen LogP contribution in [0.3, 0.4) is 0 Å². The molecule has 8 heteroatoms. The van der Waals surface area contributed by atoms with Crippen molar-refractivity contribution in [2.75, 3.05) is 0 Å². The van der Waals surface area contributed by atoms with Crippen LogP contribution in [0.5, 0.6) is 0 Å². The van der Waals surface area contributed by atoms with Crippen molar-refractivity contribution in [3.05, 3.63) is 16.9 Å². The van der Waals surface area contributed by atoms with Gasteiger partial charge in [-0.15, -0.1) is 0 Å². The Labute approximate surface area is 90.2 Å². The summed E-state index contributed by atoms with van der Waals surface area (Å²) < 4.78 is 36.2. The van der Waals surface area contributed by atoms with E-state index in [1.807, 2.05) is 0 Å². The van der Waals surface area contributed by atoms with Crippen molar-refractivity contribution in [2.24, 2.45) is 4.99 Å². The highest BCUT2D eigenvalue weighted by Crippen LogP contribution is 2.22. The Hall–Kier alpha value is -0.690. The molecule has 0 saturated heterocycles. The summed E-state index contributed by atoms with van der Waals surface area (Å²) in [5.41, 5.74) is 0. The second-order valence-electron chi connectivity index (χ2n) is 2.10. The first kappa shape index (κ1) is 11.4. The standard InChI is InChI=1S/C6H2BrClF3N3/c7-3-1-12-5(13-2-3)14-4(8)6(9,10)11/h1-2H. The van der Waals surface area contributed by atoms with Gasteiger partial charge in [0.05, 0.1) is 4.47 Å². The van der Waals surface area contributed by atoms with Gasteiger partial charge in [-0.1, -0.05) is 11.6 Å². The molecule has 0 bridgehead atoms. The van der Waals surface area contributed by atoms with E-state index < -0.39 is 11.3 Å². The molecule has 76 valence electrons. The van der Waals surface area contributed by atoms with E-state index in [9.17, 15) is 13.2 Å². The van der Waals surface area contributed by atoms with E-state index in [1.54, 1.807) is 0 Å². The maximum absolute atomic E-state index is 11.9. The zero-order valence-corrected chi connectivity index (χ0v) is 8.73. The number of rotatable bonds is 1. The molecule has 0 aliphatic rings. The van der Waals surface area contributed by atoms with Gasteiger partial charge < -0.3 is 0 Å². The number of hydrogen-bond acceptors (Lipinski definition) is 3. The maximum atomic E-state index is 11.9. The summed E-state index contributed by atoms with van der Waals surface area (Å²) >= 11 is 7.89. The Morgan fingerprint density at radius 3 is 2.29 bits per heavy atom. The summed E-state index contributed by atoms with van der Waals surface area (Å²) in [5, 5.41) is -1.50. The summed E-state index contributed by atoms with van der Waals surface area (Å²) in [7, 11) is 0. The SMILES string of the molecule is FC(F)(F)C(Cl)=Nc1ncc(Br)cn1. The highest BCUT2D eigenvalue weighted by atomic mass is 79.9. The minimum Gasteiger partial charge on any atom is -0.218 e. The quantitative estimate of drug-likeness (QED) is 0.745. The van der Waals surface area contributed by atoms with E-state index in [0.29, 0.717) is 4.47 Å². The van der Waals surface area contributed by atoms with Gasteiger partial charge in [0.25, 0.3) is 5.95 Å². The number of hydrogen-bond donors (Lipinski definition) is 0. The third kappa shape index (κ3) is 3.22. The van der Waals surface area contributed by atoms with Crippen LogP contribution < -0.4 is 0 Å². The molecule has 0 atom stereocenters. The molecule has 0 saturated carbocycles. The summed E-state index contributed by atoms with van der Waals surface area (Å²) in [6.07, 6.45) is -2.13. The van der Waals surface area contributed by atoms with Gasteiger partial charge in [0, 0.05) is 12.4 Å². The van der Waals surface area contributed by atoms with E-state index in [4.69, 9.17) is 11.6 Å². The van der Waals surface area contributed by atoms with Gasteiger partial charge in [-0.3, -0.25) is 0 Å². The average Bonchev–Trinajstić information content (AvgIpc) is 2.07. The fraction of sp³-hybridized carbons (Fsp3) is 0.167. The molecule has 3 nitrogen and oxygen atoms in total. The lowest BCUT2D eigenvalue weighted by atomic mass is 10.6. The molecule has 0 amide bonds. The van der Waals surface area contributed by atoms with Crippen molar-refractivity contribution in [3.8, 4) is 0 Å². The lowest BCUT2D eigenvalue weighted by Crippen LogP contribution is -2.16. The first-order valence-corrected chi connectivity index (χ1v) is 4.35. The van der Waals surface area contributed by atoms with E-state index in [-0.39, 0.29) is 5.95 Å². The second kappa shape index (κ2) is 4.22. The largest absolute Gasteiger partial charge is 0.444 e. The molecule has 1 heterocycles. The Morgan fingerprint density at radius 1 is 1.36 bits per heavy atom. The number of halogens is 5. The second-order valence-corrected chi connectivity index (χ2v) is 3.38. The van der Waals surface area contributed by atoms with Crippen LogP contribution in [0.15, 0.2) is 21.9 Å².